The molecule has 1 atom stereocenters. The van der Waals surface area contributed by atoms with Crippen molar-refractivity contribution >= 4 is 17.6 Å². The molecule has 0 radical (unpaired) electrons. The number of alkyl halides is 4. The Kier molecular flexibility index (Phi) is 8.83. The highest BCUT2D eigenvalue weighted by Crippen LogP contribution is 2.24. The number of pyridine rings is 1. The summed E-state index contributed by atoms with van der Waals surface area (Å²) in [5.74, 6) is -5.63. The van der Waals surface area contributed by atoms with Crippen LogP contribution in [0.5, 0.6) is 0 Å². The van der Waals surface area contributed by atoms with E-state index in [-0.39, 0.29) is 17.2 Å². The molecule has 0 aliphatic carbocycles. The maximum absolute atomic E-state index is 12.9. The third-order valence-corrected chi connectivity index (χ3v) is 3.89. The topological polar surface area (TPSA) is 132 Å². The van der Waals surface area contributed by atoms with Gasteiger partial charge >= 0.3 is 12.3 Å². The Morgan fingerprint density at radius 2 is 1.87 bits per heavy atom. The minimum Gasteiger partial charge on any atom is -0.473 e. The molecule has 6 N–H and O–H groups in total. The molecule has 0 bridgehead atoms. The fraction of sp³-hybridized carbons (Fsp3) is 0.421. The average molecular weight is 447 g/mol. The van der Waals surface area contributed by atoms with Crippen molar-refractivity contribution in [2.45, 2.75) is 46.1 Å². The van der Waals surface area contributed by atoms with Crippen LogP contribution in [-0.2, 0) is 14.3 Å². The molecule has 1 unspecified atom stereocenters. The van der Waals surface area contributed by atoms with Gasteiger partial charge in [0.1, 0.15) is 5.82 Å². The van der Waals surface area contributed by atoms with Crippen LogP contribution in [0.4, 0.5) is 23.4 Å². The van der Waals surface area contributed by atoms with E-state index in [1.54, 1.807) is 26.0 Å². The molecule has 0 saturated carbocycles. The second-order valence-electron chi connectivity index (χ2n) is 6.80. The predicted octanol–water partition coefficient (Wildman–Crippen LogP) is 2.48. The van der Waals surface area contributed by atoms with Crippen LogP contribution in [0, 0.1) is 6.92 Å². The number of hydrogen-bond donors (Lipinski definition) is 4. The zero-order valence-electron chi connectivity index (χ0n) is 17.4. The Morgan fingerprint density at radius 1 is 1.26 bits per heavy atom. The molecular formula is C19H25F4N5O3. The highest BCUT2D eigenvalue weighted by Gasteiger charge is 2.41. The van der Waals surface area contributed by atoms with E-state index in [4.69, 9.17) is 11.5 Å². The van der Waals surface area contributed by atoms with Crippen molar-refractivity contribution in [2.75, 3.05) is 11.9 Å². The molecule has 12 heteroatoms. The van der Waals surface area contributed by atoms with Gasteiger partial charge in [-0.15, -0.1) is 0 Å². The van der Waals surface area contributed by atoms with Gasteiger partial charge in [-0.3, -0.25) is 9.59 Å². The van der Waals surface area contributed by atoms with Crippen LogP contribution in [0.3, 0.4) is 0 Å². The molecule has 8 nitrogen and oxygen atoms in total. The number of nitrogens with zero attached hydrogens (tertiary/aromatic N) is 1. The fourth-order valence-corrected chi connectivity index (χ4v) is 2.27. The number of aromatic nitrogens is 1. The van der Waals surface area contributed by atoms with E-state index in [9.17, 15) is 27.2 Å². The number of nitrogens with two attached hydrogens (primary N) is 2. The first-order valence-electron chi connectivity index (χ1n) is 9.02. The van der Waals surface area contributed by atoms with Gasteiger partial charge in [-0.1, -0.05) is 0 Å². The van der Waals surface area contributed by atoms with Crippen molar-refractivity contribution in [3.05, 3.63) is 46.6 Å². The molecule has 0 aliphatic heterocycles. The molecule has 0 saturated heterocycles. The Labute approximate surface area is 176 Å². The molecule has 1 heterocycles. The van der Waals surface area contributed by atoms with E-state index in [0.29, 0.717) is 17.1 Å². The van der Waals surface area contributed by atoms with Crippen molar-refractivity contribution in [1.29, 1.82) is 0 Å². The molecule has 2 amide bonds. The fourth-order valence-electron chi connectivity index (χ4n) is 2.27. The number of carbonyl (C=O) groups excluding carboxylic acids is 2. The zero-order valence-corrected chi connectivity index (χ0v) is 17.4. The van der Waals surface area contributed by atoms with E-state index >= 15 is 0 Å². The van der Waals surface area contributed by atoms with E-state index in [2.05, 4.69) is 20.4 Å². The Balaban J connectivity index is 2.87. The van der Waals surface area contributed by atoms with Crippen molar-refractivity contribution in [1.82, 2.24) is 10.3 Å². The van der Waals surface area contributed by atoms with Crippen LogP contribution in [0.15, 0.2) is 35.4 Å². The number of ether oxygens (including phenoxy) is 1. The first kappa shape index (κ1) is 25.7. The summed E-state index contributed by atoms with van der Waals surface area (Å²) in [6, 6.07) is 2.76. The normalized spacial score (nSPS) is 14.0. The maximum atomic E-state index is 12.9. The van der Waals surface area contributed by atoms with Gasteiger partial charge in [0.25, 0.3) is 5.91 Å². The summed E-state index contributed by atoms with van der Waals surface area (Å²) < 4.78 is 54.6. The SMILES string of the molecule is CC(=O)Nc1cc(C(C)NC(=O)/C(N)=C/C(C)=C(\N)OCC(F)(F)C(F)F)cc(C)n1. The lowest BCUT2D eigenvalue weighted by Crippen LogP contribution is -2.33. The van der Waals surface area contributed by atoms with E-state index < -0.39 is 36.8 Å². The summed E-state index contributed by atoms with van der Waals surface area (Å²) in [6.45, 7) is 4.41. The highest BCUT2D eigenvalue weighted by molar-refractivity contribution is 5.93. The zero-order chi connectivity index (χ0) is 23.9. The van der Waals surface area contributed by atoms with Crippen molar-refractivity contribution in [3.63, 3.8) is 0 Å². The highest BCUT2D eigenvalue weighted by atomic mass is 19.3. The molecular weight excluding hydrogens is 422 g/mol. The summed E-state index contributed by atoms with van der Waals surface area (Å²) in [6.07, 6.45) is -2.84. The maximum Gasteiger partial charge on any atom is 0.340 e. The minimum atomic E-state index is -4.37. The number of amides is 2. The van der Waals surface area contributed by atoms with Crippen LogP contribution in [0.25, 0.3) is 0 Å². The van der Waals surface area contributed by atoms with Gasteiger partial charge in [0.2, 0.25) is 5.91 Å². The standard InChI is InChI=1S/C19H25F4N5O3/c1-9(16(25)31-8-19(22,23)18(20)21)5-14(24)17(30)27-11(3)13-6-10(2)26-15(7-13)28-12(4)29/h5-7,11,18H,8,24-25H2,1-4H3,(H,27,30)(H,26,28,29)/b14-5-,16-9+. The van der Waals surface area contributed by atoms with Gasteiger partial charge in [0.05, 0.1) is 11.7 Å². The molecule has 31 heavy (non-hydrogen) atoms. The number of aryl methyl sites for hydroxylation is 1. The monoisotopic (exact) mass is 447 g/mol. The number of anilines is 1. The van der Waals surface area contributed by atoms with Crippen LogP contribution in [-0.4, -0.2) is 35.8 Å². The van der Waals surface area contributed by atoms with E-state index in [0.717, 1.165) is 6.08 Å². The number of halogens is 4. The lowest BCUT2D eigenvalue weighted by molar-refractivity contribution is -0.158. The van der Waals surface area contributed by atoms with Gasteiger partial charge < -0.3 is 26.8 Å². The summed E-state index contributed by atoms with van der Waals surface area (Å²) in [7, 11) is 0. The summed E-state index contributed by atoms with van der Waals surface area (Å²) in [5, 5.41) is 5.18. The Hall–Kier alpha value is -3.31. The number of hydrogen-bond acceptors (Lipinski definition) is 6. The third-order valence-electron chi connectivity index (χ3n) is 3.89. The largest absolute Gasteiger partial charge is 0.473 e. The summed E-state index contributed by atoms with van der Waals surface area (Å²) >= 11 is 0. The van der Waals surface area contributed by atoms with Gasteiger partial charge in [-0.2, -0.15) is 8.78 Å². The van der Waals surface area contributed by atoms with Crippen LogP contribution < -0.4 is 22.1 Å². The van der Waals surface area contributed by atoms with Gasteiger partial charge in [-0.05, 0) is 44.5 Å². The Morgan fingerprint density at radius 3 is 2.42 bits per heavy atom. The number of rotatable bonds is 9. The number of carbonyl (C=O) groups is 2. The second-order valence-corrected chi connectivity index (χ2v) is 6.80. The number of nitrogens with one attached hydrogen (secondary N) is 2. The van der Waals surface area contributed by atoms with Crippen LogP contribution >= 0.6 is 0 Å². The molecule has 0 fully saturated rings. The van der Waals surface area contributed by atoms with E-state index in [1.165, 1.54) is 13.8 Å². The predicted molar refractivity (Wildman–Crippen MR) is 106 cm³/mol. The lowest BCUT2D eigenvalue weighted by Gasteiger charge is -2.17. The van der Waals surface area contributed by atoms with Crippen LogP contribution in [0.1, 0.15) is 38.1 Å². The summed E-state index contributed by atoms with van der Waals surface area (Å²) in [5.41, 5.74) is 12.1. The minimum absolute atomic E-state index is 0.00179. The molecule has 0 aliphatic rings. The molecule has 1 aromatic heterocycles. The average Bonchev–Trinajstić information content (AvgIpc) is 2.64. The van der Waals surface area contributed by atoms with E-state index in [1.807, 2.05) is 0 Å². The first-order chi connectivity index (χ1) is 14.2. The smallest absolute Gasteiger partial charge is 0.340 e. The second kappa shape index (κ2) is 10.6. The summed E-state index contributed by atoms with van der Waals surface area (Å²) in [4.78, 5) is 27.7. The molecule has 1 rings (SSSR count). The van der Waals surface area contributed by atoms with Crippen LogP contribution in [0.2, 0.25) is 0 Å². The third kappa shape index (κ3) is 8.15. The lowest BCUT2D eigenvalue weighted by atomic mass is 10.1. The first-order valence-corrected chi connectivity index (χ1v) is 9.02. The Bertz CT molecular complexity index is 887. The number of allylic oxidation sites excluding steroid dienone is 2. The van der Waals surface area contributed by atoms with Gasteiger partial charge in [0, 0.05) is 18.2 Å². The van der Waals surface area contributed by atoms with Gasteiger partial charge in [0.15, 0.2) is 12.5 Å². The molecule has 1 aromatic rings. The molecule has 0 spiro atoms. The quantitative estimate of drug-likeness (QED) is 0.199. The van der Waals surface area contributed by atoms with Crippen molar-refractivity contribution in [2.24, 2.45) is 11.5 Å². The van der Waals surface area contributed by atoms with Gasteiger partial charge in [-0.25, -0.2) is 13.8 Å². The molecule has 172 valence electrons. The van der Waals surface area contributed by atoms with Crippen molar-refractivity contribution in [3.8, 4) is 0 Å². The molecule has 0 aromatic carbocycles. The van der Waals surface area contributed by atoms with Crippen molar-refractivity contribution < 1.29 is 31.9 Å².